The molecule has 0 aromatic carbocycles. The van der Waals surface area contributed by atoms with Crippen molar-refractivity contribution < 1.29 is 14.2 Å². The molecule has 0 spiro atoms. The van der Waals surface area contributed by atoms with Crippen molar-refractivity contribution in [1.29, 1.82) is 0 Å². The molecule has 90 valence electrons. The molecule has 0 aromatic heterocycles. The van der Waals surface area contributed by atoms with E-state index in [-0.39, 0.29) is 6.10 Å². The molecule has 1 fully saturated rings. The van der Waals surface area contributed by atoms with Crippen LogP contribution in [0.2, 0.25) is 0 Å². The van der Waals surface area contributed by atoms with Gasteiger partial charge in [0.1, 0.15) is 6.10 Å². The van der Waals surface area contributed by atoms with Crippen molar-refractivity contribution in [3.63, 3.8) is 0 Å². The van der Waals surface area contributed by atoms with Crippen molar-refractivity contribution >= 4 is 0 Å². The molecule has 1 aliphatic carbocycles. The molecule has 0 bridgehead atoms. The summed E-state index contributed by atoms with van der Waals surface area (Å²) in [7, 11) is 3.39. The third kappa shape index (κ3) is 4.96. The van der Waals surface area contributed by atoms with Gasteiger partial charge in [0.25, 0.3) is 0 Å². The average Bonchev–Trinajstić information content (AvgIpc) is 2.26. The van der Waals surface area contributed by atoms with Gasteiger partial charge in [-0.25, -0.2) is 0 Å². The number of hydrogen-bond donors (Lipinski definition) is 0. The predicted molar refractivity (Wildman–Crippen MR) is 60.0 cm³/mol. The van der Waals surface area contributed by atoms with Crippen LogP contribution in [0.1, 0.15) is 32.6 Å². The first-order valence-electron chi connectivity index (χ1n) is 5.89. The molecule has 1 atom stereocenters. The first-order chi connectivity index (χ1) is 7.26. The Hall–Kier alpha value is -0.120. The van der Waals surface area contributed by atoms with E-state index in [0.29, 0.717) is 19.3 Å². The third-order valence-corrected chi connectivity index (χ3v) is 3.17. The first kappa shape index (κ1) is 12.9. The number of methoxy groups -OCH3 is 2. The van der Waals surface area contributed by atoms with Crippen LogP contribution in [0, 0.1) is 5.92 Å². The zero-order valence-corrected chi connectivity index (χ0v) is 10.2. The summed E-state index contributed by atoms with van der Waals surface area (Å²) < 4.78 is 16.1. The van der Waals surface area contributed by atoms with E-state index in [4.69, 9.17) is 14.2 Å². The quantitative estimate of drug-likeness (QED) is 0.681. The Labute approximate surface area is 93.1 Å². The van der Waals surface area contributed by atoms with Crippen LogP contribution < -0.4 is 0 Å². The molecule has 0 radical (unpaired) electrons. The molecule has 15 heavy (non-hydrogen) atoms. The minimum Gasteiger partial charge on any atom is -0.382 e. The maximum Gasteiger partial charge on any atom is 0.104 e. The minimum atomic E-state index is 0.0781. The summed E-state index contributed by atoms with van der Waals surface area (Å²) in [4.78, 5) is 0. The van der Waals surface area contributed by atoms with E-state index in [1.165, 1.54) is 25.7 Å². The summed E-state index contributed by atoms with van der Waals surface area (Å²) in [5, 5.41) is 0. The molecule has 1 aliphatic rings. The highest BCUT2D eigenvalue weighted by atomic mass is 16.6. The average molecular weight is 216 g/mol. The van der Waals surface area contributed by atoms with Gasteiger partial charge >= 0.3 is 0 Å². The minimum absolute atomic E-state index is 0.0781. The molecule has 0 amide bonds. The van der Waals surface area contributed by atoms with Crippen LogP contribution in [0.25, 0.3) is 0 Å². The van der Waals surface area contributed by atoms with Gasteiger partial charge in [0.05, 0.1) is 19.3 Å². The van der Waals surface area contributed by atoms with E-state index in [2.05, 4.69) is 6.92 Å². The van der Waals surface area contributed by atoms with E-state index in [0.717, 1.165) is 5.92 Å². The number of rotatable bonds is 6. The van der Waals surface area contributed by atoms with Crippen LogP contribution in [0.15, 0.2) is 0 Å². The second-order valence-corrected chi connectivity index (χ2v) is 4.53. The van der Waals surface area contributed by atoms with Crippen LogP contribution in [0.3, 0.4) is 0 Å². The third-order valence-electron chi connectivity index (χ3n) is 3.17. The Balaban J connectivity index is 2.12. The van der Waals surface area contributed by atoms with Gasteiger partial charge in [-0.3, -0.25) is 0 Å². The van der Waals surface area contributed by atoms with Crippen LogP contribution in [0.4, 0.5) is 0 Å². The fourth-order valence-corrected chi connectivity index (χ4v) is 2.01. The Morgan fingerprint density at radius 1 is 1.07 bits per heavy atom. The van der Waals surface area contributed by atoms with Gasteiger partial charge in [0.15, 0.2) is 0 Å². The first-order valence-corrected chi connectivity index (χ1v) is 5.89. The van der Waals surface area contributed by atoms with Crippen molar-refractivity contribution in [2.45, 2.75) is 44.8 Å². The number of ether oxygens (including phenoxy) is 3. The Morgan fingerprint density at radius 2 is 1.73 bits per heavy atom. The zero-order chi connectivity index (χ0) is 11.1. The maximum absolute atomic E-state index is 5.83. The lowest BCUT2D eigenvalue weighted by atomic mass is 9.89. The fourth-order valence-electron chi connectivity index (χ4n) is 2.01. The summed E-state index contributed by atoms with van der Waals surface area (Å²) in [6.45, 7) is 3.59. The fraction of sp³-hybridized carbons (Fsp3) is 1.00. The maximum atomic E-state index is 5.83. The highest BCUT2D eigenvalue weighted by Crippen LogP contribution is 2.25. The summed E-state index contributed by atoms with van der Waals surface area (Å²) >= 11 is 0. The van der Waals surface area contributed by atoms with Gasteiger partial charge < -0.3 is 14.2 Å². The summed E-state index contributed by atoms with van der Waals surface area (Å²) in [5.74, 6) is 0.877. The van der Waals surface area contributed by atoms with Crippen LogP contribution in [-0.2, 0) is 14.2 Å². The molecule has 1 rings (SSSR count). The van der Waals surface area contributed by atoms with Crippen molar-refractivity contribution in [3.05, 3.63) is 0 Å². The van der Waals surface area contributed by atoms with Gasteiger partial charge in [-0.15, -0.1) is 0 Å². The molecule has 1 unspecified atom stereocenters. The lowest BCUT2D eigenvalue weighted by Crippen LogP contribution is -2.29. The largest absolute Gasteiger partial charge is 0.382 e. The van der Waals surface area contributed by atoms with Gasteiger partial charge in [-0.05, 0) is 31.6 Å². The summed E-state index contributed by atoms with van der Waals surface area (Å²) in [6, 6.07) is 0. The Kier molecular flexibility index (Phi) is 6.22. The molecule has 0 saturated heterocycles. The standard InChI is InChI=1S/C12H24O3/c1-10-4-6-11(7-5-10)15-9-12(14-3)8-13-2/h10-12H,4-9H2,1-3H3. The molecule has 3 heteroatoms. The molecular formula is C12H24O3. The van der Waals surface area contributed by atoms with Crippen molar-refractivity contribution in [1.82, 2.24) is 0 Å². The molecule has 0 heterocycles. The monoisotopic (exact) mass is 216 g/mol. The Bertz CT molecular complexity index is 153. The second kappa shape index (κ2) is 7.20. The normalized spacial score (nSPS) is 29.0. The van der Waals surface area contributed by atoms with E-state index < -0.39 is 0 Å². The van der Waals surface area contributed by atoms with Crippen molar-refractivity contribution in [2.75, 3.05) is 27.4 Å². The predicted octanol–water partition coefficient (Wildman–Crippen LogP) is 2.24. The smallest absolute Gasteiger partial charge is 0.104 e. The highest BCUT2D eigenvalue weighted by Gasteiger charge is 2.19. The van der Waals surface area contributed by atoms with Crippen molar-refractivity contribution in [2.24, 2.45) is 5.92 Å². The van der Waals surface area contributed by atoms with Crippen LogP contribution in [-0.4, -0.2) is 39.6 Å². The van der Waals surface area contributed by atoms with Gasteiger partial charge in [-0.1, -0.05) is 6.92 Å². The zero-order valence-electron chi connectivity index (χ0n) is 10.2. The van der Waals surface area contributed by atoms with Gasteiger partial charge in [0, 0.05) is 14.2 Å². The molecule has 1 saturated carbocycles. The van der Waals surface area contributed by atoms with Crippen molar-refractivity contribution in [3.8, 4) is 0 Å². The highest BCUT2D eigenvalue weighted by molar-refractivity contribution is 4.70. The van der Waals surface area contributed by atoms with Gasteiger partial charge in [0.2, 0.25) is 0 Å². The molecule has 0 N–H and O–H groups in total. The Morgan fingerprint density at radius 3 is 2.27 bits per heavy atom. The van der Waals surface area contributed by atoms with Crippen LogP contribution in [0.5, 0.6) is 0 Å². The lowest BCUT2D eigenvalue weighted by molar-refractivity contribution is -0.0646. The molecule has 0 aromatic rings. The number of hydrogen-bond acceptors (Lipinski definition) is 3. The summed E-state index contributed by atoms with van der Waals surface area (Å²) in [5.41, 5.74) is 0. The second-order valence-electron chi connectivity index (χ2n) is 4.53. The molecule has 0 aliphatic heterocycles. The summed E-state index contributed by atoms with van der Waals surface area (Å²) in [6.07, 6.45) is 5.51. The lowest BCUT2D eigenvalue weighted by Gasteiger charge is -2.27. The molecule has 3 nitrogen and oxygen atoms in total. The van der Waals surface area contributed by atoms with Gasteiger partial charge in [-0.2, -0.15) is 0 Å². The molecular weight excluding hydrogens is 192 g/mol. The van der Waals surface area contributed by atoms with E-state index in [9.17, 15) is 0 Å². The van der Waals surface area contributed by atoms with E-state index in [1.54, 1.807) is 14.2 Å². The van der Waals surface area contributed by atoms with Crippen LogP contribution >= 0.6 is 0 Å². The van der Waals surface area contributed by atoms with E-state index >= 15 is 0 Å². The SMILES string of the molecule is COCC(COC1CCC(C)CC1)OC. The van der Waals surface area contributed by atoms with E-state index in [1.807, 2.05) is 0 Å². The topological polar surface area (TPSA) is 27.7 Å².